The zero-order valence-corrected chi connectivity index (χ0v) is 23.0. The summed E-state index contributed by atoms with van der Waals surface area (Å²) in [5.74, 6) is 0.470. The number of hydrogen-bond donors (Lipinski definition) is 2. The fraction of sp³-hybridized carbons (Fsp3) is 0.774. The van der Waals surface area contributed by atoms with Gasteiger partial charge < -0.3 is 24.4 Å². The first kappa shape index (κ1) is 28.5. The SMILES string of the molecule is CC1C[C@@H]2CC=CC(C/C=C\C(=O)OC(C(O)/C=C/C3CCCCC3)C[C@@H]3OC3[C@@H](O)CC(C)(C)C1)O2. The fourth-order valence-electron chi connectivity index (χ4n) is 6.64. The number of ether oxygens (including phenoxy) is 3. The van der Waals surface area contributed by atoms with Crippen molar-refractivity contribution in [3.63, 3.8) is 0 Å². The highest BCUT2D eigenvalue weighted by molar-refractivity contribution is 5.82. The largest absolute Gasteiger partial charge is 0.456 e. The lowest BCUT2D eigenvalue weighted by molar-refractivity contribution is -0.148. The molecule has 1 aliphatic carbocycles. The van der Waals surface area contributed by atoms with Crippen molar-refractivity contribution >= 4 is 5.97 Å². The third kappa shape index (κ3) is 9.05. The first-order chi connectivity index (χ1) is 17.7. The number of carbonyl (C=O) groups excluding carboxylic acids is 1. The van der Waals surface area contributed by atoms with Crippen LogP contribution in [0, 0.1) is 17.3 Å². The van der Waals surface area contributed by atoms with Crippen LogP contribution in [0.1, 0.15) is 91.4 Å². The molecule has 8 atom stereocenters. The lowest BCUT2D eigenvalue weighted by atomic mass is 9.76. The predicted molar refractivity (Wildman–Crippen MR) is 144 cm³/mol. The van der Waals surface area contributed by atoms with Crippen LogP contribution >= 0.6 is 0 Å². The summed E-state index contributed by atoms with van der Waals surface area (Å²) in [6.07, 6.45) is 19.3. The monoisotopic (exact) mass is 516 g/mol. The summed E-state index contributed by atoms with van der Waals surface area (Å²) in [6, 6.07) is 0. The van der Waals surface area contributed by atoms with Crippen LogP contribution in [0.15, 0.2) is 36.5 Å². The Labute approximate surface area is 223 Å². The zero-order valence-electron chi connectivity index (χ0n) is 23.0. The van der Waals surface area contributed by atoms with E-state index in [1.165, 1.54) is 25.3 Å². The Morgan fingerprint density at radius 2 is 1.84 bits per heavy atom. The van der Waals surface area contributed by atoms with Crippen molar-refractivity contribution < 1.29 is 29.2 Å². The molecular formula is C31H48O6. The van der Waals surface area contributed by atoms with Gasteiger partial charge in [-0.05, 0) is 62.2 Å². The Bertz CT molecular complexity index is 826. The first-order valence-electron chi connectivity index (χ1n) is 14.6. The van der Waals surface area contributed by atoms with Crippen LogP contribution in [0.5, 0.6) is 0 Å². The van der Waals surface area contributed by atoms with Crippen LogP contribution in [0.25, 0.3) is 0 Å². The standard InChI is InChI=1S/C31H48O6/c1-21-17-24-13-7-11-23(35-24)12-8-14-29(34)36-27(25(32)16-15-22-9-5-4-6-10-22)18-28-30(37-28)26(33)20-31(2,3)19-21/h7-8,11,14-16,21-28,30,32-33H,4-6,9-10,12-13,17-20H2,1-3H3/b14-8-,16-15+/t21?,23?,24-,25?,26-,27?,28-,30?/m0/s1. The maximum atomic E-state index is 12.7. The molecule has 2 bridgehead atoms. The number of aliphatic hydroxyl groups is 2. The van der Waals surface area contributed by atoms with E-state index >= 15 is 0 Å². The molecule has 0 aromatic rings. The summed E-state index contributed by atoms with van der Waals surface area (Å²) in [6.45, 7) is 6.69. The molecule has 4 aliphatic rings. The highest BCUT2D eigenvalue weighted by Crippen LogP contribution is 2.39. The van der Waals surface area contributed by atoms with E-state index in [-0.39, 0.29) is 29.8 Å². The molecule has 2 fully saturated rings. The fourth-order valence-corrected chi connectivity index (χ4v) is 6.64. The van der Waals surface area contributed by atoms with Gasteiger partial charge in [0.1, 0.15) is 18.3 Å². The van der Waals surface area contributed by atoms with Crippen molar-refractivity contribution in [1.29, 1.82) is 0 Å². The Hall–Kier alpha value is -1.47. The van der Waals surface area contributed by atoms with E-state index in [0.717, 1.165) is 32.1 Å². The van der Waals surface area contributed by atoms with Gasteiger partial charge in [-0.3, -0.25) is 0 Å². The molecule has 6 nitrogen and oxygen atoms in total. The molecule has 5 unspecified atom stereocenters. The Kier molecular flexibility index (Phi) is 10.1. The van der Waals surface area contributed by atoms with Crippen molar-refractivity contribution in [3.05, 3.63) is 36.5 Å². The maximum absolute atomic E-state index is 12.7. The van der Waals surface area contributed by atoms with Gasteiger partial charge in [0, 0.05) is 12.5 Å². The molecule has 6 heteroatoms. The molecule has 2 N–H and O–H groups in total. The van der Waals surface area contributed by atoms with Crippen LogP contribution in [0.2, 0.25) is 0 Å². The summed E-state index contributed by atoms with van der Waals surface area (Å²) >= 11 is 0. The smallest absolute Gasteiger partial charge is 0.330 e. The number of aliphatic hydroxyl groups excluding tert-OH is 2. The van der Waals surface area contributed by atoms with E-state index in [1.807, 2.05) is 0 Å². The number of allylic oxidation sites excluding steroid dienone is 1. The third-order valence-electron chi connectivity index (χ3n) is 8.41. The Morgan fingerprint density at radius 3 is 2.62 bits per heavy atom. The van der Waals surface area contributed by atoms with Gasteiger partial charge in [0.25, 0.3) is 0 Å². The maximum Gasteiger partial charge on any atom is 0.330 e. The minimum absolute atomic E-state index is 0.0401. The van der Waals surface area contributed by atoms with Crippen molar-refractivity contribution in [1.82, 2.24) is 0 Å². The van der Waals surface area contributed by atoms with Crippen LogP contribution in [0.3, 0.4) is 0 Å². The second kappa shape index (κ2) is 13.1. The molecule has 0 spiro atoms. The molecule has 0 aromatic carbocycles. The van der Waals surface area contributed by atoms with Gasteiger partial charge in [-0.25, -0.2) is 4.79 Å². The number of epoxide rings is 1. The first-order valence-corrected chi connectivity index (χ1v) is 14.6. The Morgan fingerprint density at radius 1 is 1.05 bits per heavy atom. The topological polar surface area (TPSA) is 88.5 Å². The summed E-state index contributed by atoms with van der Waals surface area (Å²) in [4.78, 5) is 12.7. The molecule has 1 saturated heterocycles. The number of cyclic esters (lactones) is 1. The van der Waals surface area contributed by atoms with Gasteiger partial charge in [-0.1, -0.05) is 70.4 Å². The molecule has 37 heavy (non-hydrogen) atoms. The van der Waals surface area contributed by atoms with Crippen molar-refractivity contribution in [2.75, 3.05) is 0 Å². The summed E-state index contributed by atoms with van der Waals surface area (Å²) < 4.78 is 17.9. The number of hydrogen-bond acceptors (Lipinski definition) is 6. The average molecular weight is 517 g/mol. The molecule has 3 heterocycles. The number of carbonyl (C=O) groups is 1. The second-order valence-electron chi connectivity index (χ2n) is 12.7. The molecule has 3 aliphatic heterocycles. The van der Waals surface area contributed by atoms with Gasteiger partial charge in [-0.2, -0.15) is 0 Å². The minimum atomic E-state index is -0.908. The van der Waals surface area contributed by atoms with Gasteiger partial charge >= 0.3 is 5.97 Å². The van der Waals surface area contributed by atoms with Crippen molar-refractivity contribution in [3.8, 4) is 0 Å². The molecule has 208 valence electrons. The molecule has 1 saturated carbocycles. The predicted octanol–water partition coefficient (Wildman–Crippen LogP) is 5.42. The highest BCUT2D eigenvalue weighted by atomic mass is 16.6. The normalized spacial score (nSPS) is 39.7. The lowest BCUT2D eigenvalue weighted by Crippen LogP contribution is -2.33. The average Bonchev–Trinajstić information content (AvgIpc) is 3.61. The van der Waals surface area contributed by atoms with E-state index in [0.29, 0.717) is 31.1 Å². The van der Waals surface area contributed by atoms with E-state index in [4.69, 9.17) is 14.2 Å². The van der Waals surface area contributed by atoms with Gasteiger partial charge in [0.15, 0.2) is 0 Å². The molecular weight excluding hydrogens is 468 g/mol. The summed E-state index contributed by atoms with van der Waals surface area (Å²) in [5, 5.41) is 21.9. The van der Waals surface area contributed by atoms with Gasteiger partial charge in [0.05, 0.1) is 24.4 Å². The molecule has 0 aromatic heterocycles. The highest BCUT2D eigenvalue weighted by Gasteiger charge is 2.48. The molecule has 0 radical (unpaired) electrons. The quantitative estimate of drug-likeness (QED) is 0.296. The van der Waals surface area contributed by atoms with Crippen LogP contribution in [-0.4, -0.2) is 58.9 Å². The molecule has 4 rings (SSSR count). The Balaban J connectivity index is 1.46. The van der Waals surface area contributed by atoms with Gasteiger partial charge in [-0.15, -0.1) is 0 Å². The molecule has 0 amide bonds. The number of rotatable bonds is 3. The van der Waals surface area contributed by atoms with Crippen LogP contribution in [-0.2, 0) is 19.0 Å². The number of fused-ring (bicyclic) bond motifs is 3. The van der Waals surface area contributed by atoms with Crippen molar-refractivity contribution in [2.45, 2.75) is 134 Å². The van der Waals surface area contributed by atoms with Gasteiger partial charge in [0.2, 0.25) is 0 Å². The van der Waals surface area contributed by atoms with E-state index in [1.54, 1.807) is 12.2 Å². The van der Waals surface area contributed by atoms with E-state index in [2.05, 4.69) is 39.0 Å². The second-order valence-corrected chi connectivity index (χ2v) is 12.7. The lowest BCUT2D eigenvalue weighted by Gasteiger charge is -2.33. The third-order valence-corrected chi connectivity index (χ3v) is 8.41. The number of esters is 1. The van der Waals surface area contributed by atoms with Crippen molar-refractivity contribution in [2.24, 2.45) is 17.3 Å². The summed E-state index contributed by atoms with van der Waals surface area (Å²) in [7, 11) is 0. The summed E-state index contributed by atoms with van der Waals surface area (Å²) in [5.41, 5.74) is -0.0401. The van der Waals surface area contributed by atoms with E-state index in [9.17, 15) is 15.0 Å². The van der Waals surface area contributed by atoms with Crippen LogP contribution in [0.4, 0.5) is 0 Å². The van der Waals surface area contributed by atoms with Crippen LogP contribution < -0.4 is 0 Å². The minimum Gasteiger partial charge on any atom is -0.456 e. The zero-order chi connectivity index (χ0) is 26.4. The van der Waals surface area contributed by atoms with E-state index < -0.39 is 24.3 Å².